The van der Waals surface area contributed by atoms with Gasteiger partial charge in [0, 0.05) is 6.54 Å². The monoisotopic (exact) mass is 313 g/mol. The summed E-state index contributed by atoms with van der Waals surface area (Å²) in [7, 11) is 0. The van der Waals surface area contributed by atoms with Crippen molar-refractivity contribution >= 4 is 11.6 Å². The number of carbonyl (C=O) groups is 1. The van der Waals surface area contributed by atoms with Crippen LogP contribution in [0.5, 0.6) is 0 Å². The van der Waals surface area contributed by atoms with E-state index in [1.54, 1.807) is 18.5 Å². The summed E-state index contributed by atoms with van der Waals surface area (Å²) in [5.74, 6) is -0.899. The number of nitrogens with one attached hydrogen (secondary N) is 1. The van der Waals surface area contributed by atoms with Gasteiger partial charge >= 0.3 is 6.18 Å². The van der Waals surface area contributed by atoms with Gasteiger partial charge in [0.25, 0.3) is 5.91 Å². The Morgan fingerprint density at radius 3 is 2.45 bits per heavy atom. The predicted molar refractivity (Wildman–Crippen MR) is 72.4 cm³/mol. The molecule has 6 nitrogen and oxygen atoms in total. The molecule has 0 spiro atoms. The first-order valence-corrected chi connectivity index (χ1v) is 6.49. The zero-order valence-electron chi connectivity index (χ0n) is 12.2. The van der Waals surface area contributed by atoms with E-state index in [1.165, 1.54) is 0 Å². The first-order valence-electron chi connectivity index (χ1n) is 6.49. The van der Waals surface area contributed by atoms with E-state index in [0.717, 1.165) is 6.20 Å². The quantitative estimate of drug-likeness (QED) is 0.945. The van der Waals surface area contributed by atoms with Crippen LogP contribution in [-0.2, 0) is 12.7 Å². The highest BCUT2D eigenvalue weighted by Crippen LogP contribution is 2.31. The standard InChI is InChI=1S/C13H14F3N5O/c1-4-21-8(3)11(7(2)20-21)19-12(22)9-5-17-18-6-10(9)13(14,15)16/h5-6H,4H2,1-3H3,(H,19,22). The normalized spacial score (nSPS) is 11.5. The summed E-state index contributed by atoms with van der Waals surface area (Å²) in [5, 5.41) is 13.2. The van der Waals surface area contributed by atoms with Crippen molar-refractivity contribution < 1.29 is 18.0 Å². The van der Waals surface area contributed by atoms with Gasteiger partial charge < -0.3 is 5.32 Å². The Morgan fingerprint density at radius 1 is 1.27 bits per heavy atom. The Balaban J connectivity index is 2.37. The van der Waals surface area contributed by atoms with Crippen LogP contribution in [0.1, 0.15) is 34.2 Å². The molecule has 0 aromatic carbocycles. The minimum atomic E-state index is -4.68. The van der Waals surface area contributed by atoms with Gasteiger partial charge in [-0.2, -0.15) is 28.5 Å². The van der Waals surface area contributed by atoms with E-state index in [0.29, 0.717) is 29.8 Å². The summed E-state index contributed by atoms with van der Waals surface area (Å²) in [6.07, 6.45) is -3.35. The number of rotatable bonds is 3. The van der Waals surface area contributed by atoms with Gasteiger partial charge in [-0.1, -0.05) is 0 Å². The number of nitrogens with zero attached hydrogens (tertiary/aromatic N) is 4. The highest BCUT2D eigenvalue weighted by atomic mass is 19.4. The second-order valence-electron chi connectivity index (χ2n) is 4.63. The van der Waals surface area contributed by atoms with E-state index >= 15 is 0 Å². The summed E-state index contributed by atoms with van der Waals surface area (Å²) in [6.45, 7) is 5.87. The molecule has 0 unspecified atom stereocenters. The molecule has 0 aliphatic carbocycles. The van der Waals surface area contributed by atoms with Gasteiger partial charge in [0.1, 0.15) is 0 Å². The van der Waals surface area contributed by atoms with Gasteiger partial charge in [0.15, 0.2) is 0 Å². The summed E-state index contributed by atoms with van der Waals surface area (Å²) in [6, 6.07) is 0. The lowest BCUT2D eigenvalue weighted by atomic mass is 10.1. The molecular formula is C13H14F3N5O. The molecule has 2 aromatic heterocycles. The number of carbonyl (C=O) groups excluding carboxylic acids is 1. The topological polar surface area (TPSA) is 72.7 Å². The maximum Gasteiger partial charge on any atom is 0.418 e. The largest absolute Gasteiger partial charge is 0.418 e. The molecule has 9 heteroatoms. The minimum absolute atomic E-state index is 0.400. The van der Waals surface area contributed by atoms with Gasteiger partial charge in [0.05, 0.1) is 40.6 Å². The molecule has 2 aromatic rings. The number of hydrogen-bond acceptors (Lipinski definition) is 4. The molecule has 0 saturated carbocycles. The molecule has 0 aliphatic heterocycles. The minimum Gasteiger partial charge on any atom is -0.319 e. The average molecular weight is 313 g/mol. The van der Waals surface area contributed by atoms with Crippen LogP contribution < -0.4 is 5.32 Å². The van der Waals surface area contributed by atoms with Crippen LogP contribution in [0, 0.1) is 13.8 Å². The lowest BCUT2D eigenvalue weighted by molar-refractivity contribution is -0.138. The molecule has 1 N–H and O–H groups in total. The number of hydrogen-bond donors (Lipinski definition) is 1. The van der Waals surface area contributed by atoms with Crippen molar-refractivity contribution in [1.29, 1.82) is 0 Å². The lowest BCUT2D eigenvalue weighted by Gasteiger charge is -2.11. The third kappa shape index (κ3) is 2.92. The molecule has 2 heterocycles. The highest BCUT2D eigenvalue weighted by Gasteiger charge is 2.36. The second kappa shape index (κ2) is 5.74. The molecule has 0 fully saturated rings. The fourth-order valence-corrected chi connectivity index (χ4v) is 2.09. The predicted octanol–water partition coefficient (Wildman–Crippen LogP) is 2.58. The van der Waals surface area contributed by atoms with Crippen LogP contribution >= 0.6 is 0 Å². The van der Waals surface area contributed by atoms with Crippen molar-refractivity contribution in [3.63, 3.8) is 0 Å². The average Bonchev–Trinajstić information content (AvgIpc) is 2.73. The van der Waals surface area contributed by atoms with E-state index in [1.807, 2.05) is 6.92 Å². The van der Waals surface area contributed by atoms with Crippen LogP contribution in [0.25, 0.3) is 0 Å². The van der Waals surface area contributed by atoms with E-state index in [9.17, 15) is 18.0 Å². The molecule has 0 saturated heterocycles. The van der Waals surface area contributed by atoms with Gasteiger partial charge in [-0.15, -0.1) is 0 Å². The summed E-state index contributed by atoms with van der Waals surface area (Å²) in [4.78, 5) is 12.2. The number of amides is 1. The fourth-order valence-electron chi connectivity index (χ4n) is 2.09. The van der Waals surface area contributed by atoms with Gasteiger partial charge in [-0.05, 0) is 20.8 Å². The Bertz CT molecular complexity index is 708. The van der Waals surface area contributed by atoms with E-state index in [4.69, 9.17) is 0 Å². The number of alkyl halides is 3. The SMILES string of the molecule is CCn1nc(C)c(NC(=O)c2cnncc2C(F)(F)F)c1C. The van der Waals surface area contributed by atoms with E-state index in [-0.39, 0.29) is 0 Å². The molecular weight excluding hydrogens is 299 g/mol. The van der Waals surface area contributed by atoms with Crippen LogP contribution in [0.2, 0.25) is 0 Å². The van der Waals surface area contributed by atoms with Crippen molar-refractivity contribution in [1.82, 2.24) is 20.0 Å². The number of anilines is 1. The Labute approximate surface area is 124 Å². The van der Waals surface area contributed by atoms with Crippen LogP contribution in [0.15, 0.2) is 12.4 Å². The zero-order chi connectivity index (χ0) is 16.5. The molecule has 1 amide bonds. The second-order valence-corrected chi connectivity index (χ2v) is 4.63. The van der Waals surface area contributed by atoms with Crippen molar-refractivity contribution in [2.45, 2.75) is 33.5 Å². The summed E-state index contributed by atoms with van der Waals surface area (Å²) in [5.41, 5.74) is -0.104. The highest BCUT2D eigenvalue weighted by molar-refractivity contribution is 6.05. The van der Waals surface area contributed by atoms with Crippen LogP contribution in [0.3, 0.4) is 0 Å². The molecule has 0 bridgehead atoms. The lowest BCUT2D eigenvalue weighted by Crippen LogP contribution is -2.20. The third-order valence-electron chi connectivity index (χ3n) is 3.20. The maximum absolute atomic E-state index is 12.9. The first kappa shape index (κ1) is 15.9. The number of aromatic nitrogens is 4. The van der Waals surface area contributed by atoms with Crippen LogP contribution in [0.4, 0.5) is 18.9 Å². The molecule has 0 atom stereocenters. The molecule has 2 rings (SSSR count). The van der Waals surface area contributed by atoms with Crippen molar-refractivity contribution in [2.24, 2.45) is 0 Å². The van der Waals surface area contributed by atoms with E-state index in [2.05, 4.69) is 20.6 Å². The smallest absolute Gasteiger partial charge is 0.319 e. The number of halogens is 3. The molecule has 118 valence electrons. The van der Waals surface area contributed by atoms with Crippen molar-refractivity contribution in [3.8, 4) is 0 Å². The first-order chi connectivity index (χ1) is 10.3. The Kier molecular flexibility index (Phi) is 4.16. The fraction of sp³-hybridized carbons (Fsp3) is 0.385. The third-order valence-corrected chi connectivity index (χ3v) is 3.20. The summed E-state index contributed by atoms with van der Waals surface area (Å²) >= 11 is 0. The van der Waals surface area contributed by atoms with Gasteiger partial charge in [-0.3, -0.25) is 9.48 Å². The zero-order valence-corrected chi connectivity index (χ0v) is 12.2. The molecule has 22 heavy (non-hydrogen) atoms. The summed E-state index contributed by atoms with van der Waals surface area (Å²) < 4.78 is 40.4. The van der Waals surface area contributed by atoms with Crippen molar-refractivity contribution in [2.75, 3.05) is 5.32 Å². The van der Waals surface area contributed by atoms with Crippen molar-refractivity contribution in [3.05, 3.63) is 34.9 Å². The number of aryl methyl sites for hydroxylation is 2. The van der Waals surface area contributed by atoms with E-state index < -0.39 is 23.2 Å². The molecule has 0 aliphatic rings. The Morgan fingerprint density at radius 2 is 1.91 bits per heavy atom. The van der Waals surface area contributed by atoms with Crippen LogP contribution in [-0.4, -0.2) is 25.9 Å². The Hall–Kier alpha value is -2.45. The van der Waals surface area contributed by atoms with Gasteiger partial charge in [0.2, 0.25) is 0 Å². The maximum atomic E-state index is 12.9. The molecule has 0 radical (unpaired) electrons. The van der Waals surface area contributed by atoms with Gasteiger partial charge in [-0.25, -0.2) is 0 Å².